The number of amides is 1. The van der Waals surface area contributed by atoms with E-state index in [1.807, 2.05) is 31.2 Å². The first kappa shape index (κ1) is 21.7. The fourth-order valence-electron chi connectivity index (χ4n) is 2.80. The second-order valence-corrected chi connectivity index (χ2v) is 8.67. The van der Waals surface area contributed by atoms with Crippen LogP contribution in [0.15, 0.2) is 77.7 Å². The number of rotatable bonds is 7. The first-order valence-electron chi connectivity index (χ1n) is 9.12. The molecule has 0 saturated carbocycles. The molecule has 3 aromatic carbocycles. The number of carbonyl (C=O) groups is 1. The van der Waals surface area contributed by atoms with Gasteiger partial charge in [0.2, 0.25) is 0 Å². The van der Waals surface area contributed by atoms with Crippen LogP contribution in [0.25, 0.3) is 0 Å². The zero-order valence-electron chi connectivity index (χ0n) is 16.4. The van der Waals surface area contributed by atoms with Crippen molar-refractivity contribution in [3.05, 3.63) is 88.9 Å². The van der Waals surface area contributed by atoms with Gasteiger partial charge in [-0.3, -0.25) is 9.52 Å². The van der Waals surface area contributed by atoms with Gasteiger partial charge in [0.1, 0.15) is 5.75 Å². The maximum absolute atomic E-state index is 12.6. The molecule has 0 aliphatic carbocycles. The molecule has 0 bridgehead atoms. The summed E-state index contributed by atoms with van der Waals surface area (Å²) in [6.07, 6.45) is 0. The van der Waals surface area contributed by atoms with Crippen molar-refractivity contribution in [3.8, 4) is 5.75 Å². The Balaban J connectivity index is 1.71. The van der Waals surface area contributed by atoms with Crippen molar-refractivity contribution in [1.82, 2.24) is 5.32 Å². The largest absolute Gasteiger partial charge is 0.497 e. The predicted molar refractivity (Wildman–Crippen MR) is 118 cm³/mol. The number of halogens is 1. The molecule has 0 fully saturated rings. The zero-order chi connectivity index (χ0) is 21.7. The highest BCUT2D eigenvalue weighted by Crippen LogP contribution is 2.26. The Labute approximate surface area is 180 Å². The number of methoxy groups -OCH3 is 1. The Morgan fingerprint density at radius 1 is 1.00 bits per heavy atom. The lowest BCUT2D eigenvalue weighted by molar-refractivity contribution is 0.0940. The number of hydrogen-bond donors (Lipinski definition) is 2. The van der Waals surface area contributed by atoms with E-state index in [2.05, 4.69) is 10.0 Å². The maximum atomic E-state index is 12.6. The van der Waals surface area contributed by atoms with Crippen LogP contribution < -0.4 is 14.8 Å². The van der Waals surface area contributed by atoms with E-state index in [-0.39, 0.29) is 27.6 Å². The number of ether oxygens (including phenoxy) is 1. The van der Waals surface area contributed by atoms with Gasteiger partial charge >= 0.3 is 0 Å². The molecule has 1 unspecified atom stereocenters. The van der Waals surface area contributed by atoms with Gasteiger partial charge in [-0.25, -0.2) is 8.42 Å². The van der Waals surface area contributed by atoms with E-state index in [1.54, 1.807) is 25.3 Å². The summed E-state index contributed by atoms with van der Waals surface area (Å²) in [6, 6.07) is 19.5. The molecule has 30 heavy (non-hydrogen) atoms. The van der Waals surface area contributed by atoms with Crippen LogP contribution in [0.1, 0.15) is 28.9 Å². The average molecular weight is 445 g/mol. The minimum Gasteiger partial charge on any atom is -0.497 e. The van der Waals surface area contributed by atoms with E-state index >= 15 is 0 Å². The van der Waals surface area contributed by atoms with Crippen molar-refractivity contribution in [2.75, 3.05) is 11.8 Å². The molecule has 1 amide bonds. The number of benzene rings is 3. The average Bonchev–Trinajstić information content (AvgIpc) is 2.75. The molecular formula is C22H21ClN2O4S. The van der Waals surface area contributed by atoms with Gasteiger partial charge in [0, 0.05) is 5.56 Å². The second kappa shape index (κ2) is 9.19. The summed E-state index contributed by atoms with van der Waals surface area (Å²) in [5.41, 5.74) is 1.44. The van der Waals surface area contributed by atoms with Gasteiger partial charge in [-0.15, -0.1) is 0 Å². The van der Waals surface area contributed by atoms with Gasteiger partial charge < -0.3 is 10.1 Å². The Kier molecular flexibility index (Phi) is 6.64. The van der Waals surface area contributed by atoms with Crippen molar-refractivity contribution in [2.45, 2.75) is 17.9 Å². The van der Waals surface area contributed by atoms with Crippen LogP contribution in [-0.2, 0) is 10.0 Å². The van der Waals surface area contributed by atoms with Crippen molar-refractivity contribution in [3.63, 3.8) is 0 Å². The lowest BCUT2D eigenvalue weighted by Crippen LogP contribution is -2.26. The quantitative estimate of drug-likeness (QED) is 0.556. The summed E-state index contributed by atoms with van der Waals surface area (Å²) in [5.74, 6) is 0.412. The van der Waals surface area contributed by atoms with E-state index < -0.39 is 10.0 Å². The van der Waals surface area contributed by atoms with E-state index in [9.17, 15) is 13.2 Å². The number of sulfonamides is 1. The highest BCUT2D eigenvalue weighted by molar-refractivity contribution is 7.92. The van der Waals surface area contributed by atoms with Crippen LogP contribution in [0.2, 0.25) is 5.02 Å². The van der Waals surface area contributed by atoms with Crippen LogP contribution in [0, 0.1) is 0 Å². The molecule has 8 heteroatoms. The molecule has 0 aliphatic heterocycles. The number of nitrogens with one attached hydrogen (secondary N) is 2. The van der Waals surface area contributed by atoms with Crippen LogP contribution in [0.4, 0.5) is 5.69 Å². The minimum absolute atomic E-state index is 0.121. The van der Waals surface area contributed by atoms with Crippen molar-refractivity contribution in [1.29, 1.82) is 0 Å². The molecule has 0 heterocycles. The van der Waals surface area contributed by atoms with Gasteiger partial charge in [0.05, 0.1) is 28.8 Å². The van der Waals surface area contributed by atoms with Crippen LogP contribution in [-0.4, -0.2) is 21.4 Å². The molecule has 1 atom stereocenters. The van der Waals surface area contributed by atoms with Crippen LogP contribution in [0.3, 0.4) is 0 Å². The lowest BCUT2D eigenvalue weighted by Gasteiger charge is -2.16. The van der Waals surface area contributed by atoms with Crippen molar-refractivity contribution in [2.24, 2.45) is 0 Å². The SMILES string of the molecule is COc1ccc(C(C)NC(=O)c2ccc(NS(=O)(=O)c3ccccc3)c(Cl)c2)cc1. The molecule has 0 spiro atoms. The topological polar surface area (TPSA) is 84.5 Å². The highest BCUT2D eigenvalue weighted by atomic mass is 35.5. The third kappa shape index (κ3) is 5.11. The molecule has 3 rings (SSSR count). The fourth-order valence-corrected chi connectivity index (χ4v) is 4.18. The second-order valence-electron chi connectivity index (χ2n) is 6.58. The Bertz CT molecular complexity index is 1130. The van der Waals surface area contributed by atoms with E-state index in [4.69, 9.17) is 16.3 Å². The zero-order valence-corrected chi connectivity index (χ0v) is 18.0. The predicted octanol–water partition coefficient (Wildman–Crippen LogP) is 4.64. The summed E-state index contributed by atoms with van der Waals surface area (Å²) in [7, 11) is -2.18. The first-order valence-corrected chi connectivity index (χ1v) is 11.0. The standard InChI is InChI=1S/C22H21ClN2O4S/c1-15(16-8-11-18(29-2)12-9-16)24-22(26)17-10-13-21(20(23)14-17)25-30(27,28)19-6-4-3-5-7-19/h3-15,25H,1-2H3,(H,24,26). The maximum Gasteiger partial charge on any atom is 0.261 e. The lowest BCUT2D eigenvalue weighted by atomic mass is 10.1. The van der Waals surface area contributed by atoms with Gasteiger partial charge in [-0.2, -0.15) is 0 Å². The molecule has 6 nitrogen and oxygen atoms in total. The van der Waals surface area contributed by atoms with Gasteiger partial charge in [-0.1, -0.05) is 41.9 Å². The Morgan fingerprint density at radius 2 is 1.67 bits per heavy atom. The molecular weight excluding hydrogens is 424 g/mol. The van der Waals surface area contributed by atoms with Gasteiger partial charge in [-0.05, 0) is 55.0 Å². The summed E-state index contributed by atoms with van der Waals surface area (Å²) >= 11 is 6.23. The summed E-state index contributed by atoms with van der Waals surface area (Å²) < 4.78 is 32.5. The fraction of sp³-hybridized carbons (Fsp3) is 0.136. The van der Waals surface area contributed by atoms with Crippen LogP contribution in [0.5, 0.6) is 5.75 Å². The Hall–Kier alpha value is -3.03. The van der Waals surface area contributed by atoms with E-state index in [0.29, 0.717) is 5.56 Å². The molecule has 2 N–H and O–H groups in total. The first-order chi connectivity index (χ1) is 14.3. The molecule has 0 radical (unpaired) electrons. The Morgan fingerprint density at radius 3 is 2.27 bits per heavy atom. The van der Waals surface area contributed by atoms with E-state index in [0.717, 1.165) is 11.3 Å². The summed E-state index contributed by atoms with van der Waals surface area (Å²) in [6.45, 7) is 1.86. The van der Waals surface area contributed by atoms with Crippen LogP contribution >= 0.6 is 11.6 Å². The number of anilines is 1. The van der Waals surface area contributed by atoms with Crippen molar-refractivity contribution >= 4 is 33.2 Å². The minimum atomic E-state index is -3.77. The summed E-state index contributed by atoms with van der Waals surface area (Å²) in [5, 5.41) is 3.02. The number of hydrogen-bond acceptors (Lipinski definition) is 4. The molecule has 0 aliphatic rings. The third-order valence-corrected chi connectivity index (χ3v) is 6.19. The smallest absolute Gasteiger partial charge is 0.261 e. The molecule has 156 valence electrons. The van der Waals surface area contributed by atoms with Gasteiger partial charge in [0.15, 0.2) is 0 Å². The molecule has 0 aromatic heterocycles. The van der Waals surface area contributed by atoms with Gasteiger partial charge in [0.25, 0.3) is 15.9 Å². The molecule has 0 saturated heterocycles. The molecule has 3 aromatic rings. The number of carbonyl (C=O) groups excluding carboxylic acids is 1. The summed E-state index contributed by atoms with van der Waals surface area (Å²) in [4.78, 5) is 12.7. The normalized spacial score (nSPS) is 12.1. The van der Waals surface area contributed by atoms with Crippen molar-refractivity contribution < 1.29 is 17.9 Å². The van der Waals surface area contributed by atoms with E-state index in [1.165, 1.54) is 30.3 Å². The monoisotopic (exact) mass is 444 g/mol. The third-order valence-electron chi connectivity index (χ3n) is 4.49. The highest BCUT2D eigenvalue weighted by Gasteiger charge is 2.17.